The molecule has 2 unspecified atom stereocenters. The zero-order valence-electron chi connectivity index (χ0n) is 10.7. The van der Waals surface area contributed by atoms with Crippen LogP contribution in [0.3, 0.4) is 0 Å². The molecule has 2 saturated carbocycles. The number of urea groups is 1. The summed E-state index contributed by atoms with van der Waals surface area (Å²) in [7, 11) is 0. The van der Waals surface area contributed by atoms with E-state index in [4.69, 9.17) is 5.11 Å². The monoisotopic (exact) mass is 254 g/mol. The van der Waals surface area contributed by atoms with Gasteiger partial charge in [0.15, 0.2) is 0 Å². The molecule has 5 nitrogen and oxygen atoms in total. The number of amides is 2. The Morgan fingerprint density at radius 2 is 1.89 bits per heavy atom. The van der Waals surface area contributed by atoms with Crippen molar-refractivity contribution in [1.82, 2.24) is 10.6 Å². The van der Waals surface area contributed by atoms with E-state index in [0.29, 0.717) is 6.54 Å². The molecule has 0 aromatic heterocycles. The molecule has 2 fully saturated rings. The van der Waals surface area contributed by atoms with Crippen molar-refractivity contribution in [2.45, 2.75) is 38.5 Å². The van der Waals surface area contributed by atoms with Crippen LogP contribution < -0.4 is 10.6 Å². The van der Waals surface area contributed by atoms with Crippen LogP contribution in [0.5, 0.6) is 0 Å². The van der Waals surface area contributed by atoms with Crippen molar-refractivity contribution in [3.05, 3.63) is 0 Å². The smallest absolute Gasteiger partial charge is 0.314 e. The van der Waals surface area contributed by atoms with Crippen LogP contribution in [-0.4, -0.2) is 30.2 Å². The summed E-state index contributed by atoms with van der Waals surface area (Å²) >= 11 is 0. The third kappa shape index (κ3) is 3.89. The van der Waals surface area contributed by atoms with Crippen LogP contribution in [0.15, 0.2) is 0 Å². The minimum absolute atomic E-state index is 0.0942. The van der Waals surface area contributed by atoms with Gasteiger partial charge in [-0.15, -0.1) is 0 Å². The molecule has 102 valence electrons. The molecule has 0 aromatic rings. The molecule has 2 atom stereocenters. The lowest BCUT2D eigenvalue weighted by Gasteiger charge is -2.16. The first kappa shape index (κ1) is 13.2. The van der Waals surface area contributed by atoms with Crippen molar-refractivity contribution in [1.29, 1.82) is 0 Å². The van der Waals surface area contributed by atoms with Crippen LogP contribution in [0.1, 0.15) is 38.5 Å². The second-order valence-corrected chi connectivity index (χ2v) is 5.50. The Bertz CT molecular complexity index is 315. The summed E-state index contributed by atoms with van der Waals surface area (Å²) in [5, 5.41) is 14.6. The average molecular weight is 254 g/mol. The number of carboxylic acid groups (broad SMARTS) is 1. The zero-order valence-corrected chi connectivity index (χ0v) is 10.7. The fourth-order valence-electron chi connectivity index (χ4n) is 2.69. The number of hydrogen-bond acceptors (Lipinski definition) is 2. The summed E-state index contributed by atoms with van der Waals surface area (Å²) in [5.74, 6) is -0.0987. The first-order valence-corrected chi connectivity index (χ1v) is 6.91. The van der Waals surface area contributed by atoms with Crippen LogP contribution in [0.4, 0.5) is 4.79 Å². The van der Waals surface area contributed by atoms with Crippen LogP contribution in [0.2, 0.25) is 0 Å². The molecule has 18 heavy (non-hydrogen) atoms. The molecule has 2 aliphatic carbocycles. The fraction of sp³-hybridized carbons (Fsp3) is 0.846. The molecule has 2 aliphatic rings. The molecular weight excluding hydrogens is 232 g/mol. The summed E-state index contributed by atoms with van der Waals surface area (Å²) in [6.45, 7) is 1.20. The molecular formula is C13H22N2O3. The van der Waals surface area contributed by atoms with Crippen LogP contribution >= 0.6 is 0 Å². The van der Waals surface area contributed by atoms with Gasteiger partial charge in [-0.25, -0.2) is 4.79 Å². The van der Waals surface area contributed by atoms with Crippen molar-refractivity contribution in [2.75, 3.05) is 13.1 Å². The van der Waals surface area contributed by atoms with Crippen molar-refractivity contribution < 1.29 is 14.7 Å². The summed E-state index contributed by atoms with van der Waals surface area (Å²) in [4.78, 5) is 22.5. The van der Waals surface area contributed by atoms with Gasteiger partial charge in [0.25, 0.3) is 0 Å². The predicted octanol–water partition coefficient (Wildman–Crippen LogP) is 1.59. The van der Waals surface area contributed by atoms with Gasteiger partial charge in [-0.1, -0.05) is 19.3 Å². The highest BCUT2D eigenvalue weighted by Gasteiger charge is 2.32. The number of hydrogen-bond donors (Lipinski definition) is 3. The highest BCUT2D eigenvalue weighted by Crippen LogP contribution is 2.32. The van der Waals surface area contributed by atoms with E-state index < -0.39 is 5.97 Å². The first-order chi connectivity index (χ1) is 8.66. The van der Waals surface area contributed by atoms with E-state index in [1.165, 1.54) is 12.8 Å². The number of carboxylic acids is 1. The van der Waals surface area contributed by atoms with E-state index in [9.17, 15) is 9.59 Å². The summed E-state index contributed by atoms with van der Waals surface area (Å²) < 4.78 is 0. The number of aliphatic carboxylic acids is 1. The summed E-state index contributed by atoms with van der Waals surface area (Å²) in [5.41, 5.74) is 0. The maximum absolute atomic E-state index is 11.5. The lowest BCUT2D eigenvalue weighted by molar-refractivity contribution is -0.142. The predicted molar refractivity (Wildman–Crippen MR) is 67.2 cm³/mol. The lowest BCUT2D eigenvalue weighted by atomic mass is 9.96. The molecule has 5 heteroatoms. The molecule has 0 saturated heterocycles. The molecule has 2 rings (SSSR count). The van der Waals surface area contributed by atoms with Gasteiger partial charge < -0.3 is 15.7 Å². The number of nitrogens with one attached hydrogen (secondary N) is 2. The fourth-order valence-corrected chi connectivity index (χ4v) is 2.69. The van der Waals surface area contributed by atoms with Gasteiger partial charge in [0.05, 0.1) is 5.92 Å². The van der Waals surface area contributed by atoms with E-state index in [1.54, 1.807) is 0 Å². The Balaban J connectivity index is 1.60. The quantitative estimate of drug-likeness (QED) is 0.673. The second-order valence-electron chi connectivity index (χ2n) is 5.50. The minimum Gasteiger partial charge on any atom is -0.481 e. The molecule has 0 aromatic carbocycles. The molecule has 2 amide bonds. The Morgan fingerprint density at radius 1 is 1.11 bits per heavy atom. The van der Waals surface area contributed by atoms with Crippen molar-refractivity contribution in [3.63, 3.8) is 0 Å². The Kier molecular flexibility index (Phi) is 4.44. The van der Waals surface area contributed by atoms with Gasteiger partial charge in [-0.2, -0.15) is 0 Å². The maximum Gasteiger partial charge on any atom is 0.314 e. The van der Waals surface area contributed by atoms with Gasteiger partial charge in [-0.05, 0) is 31.1 Å². The van der Waals surface area contributed by atoms with Gasteiger partial charge >= 0.3 is 12.0 Å². The van der Waals surface area contributed by atoms with Crippen LogP contribution in [0.25, 0.3) is 0 Å². The normalized spacial score (nSPS) is 26.9. The average Bonchev–Trinajstić information content (AvgIpc) is 3.02. The topological polar surface area (TPSA) is 78.4 Å². The van der Waals surface area contributed by atoms with E-state index >= 15 is 0 Å². The molecule has 0 aliphatic heterocycles. The largest absolute Gasteiger partial charge is 0.481 e. The highest BCUT2D eigenvalue weighted by molar-refractivity contribution is 5.74. The van der Waals surface area contributed by atoms with Crippen molar-refractivity contribution >= 4 is 12.0 Å². The van der Waals surface area contributed by atoms with E-state index in [1.807, 2.05) is 0 Å². The summed E-state index contributed by atoms with van der Waals surface area (Å²) in [6, 6.07) is -0.160. The number of carbonyl (C=O) groups excluding carboxylic acids is 1. The molecule has 0 radical (unpaired) electrons. The van der Waals surface area contributed by atoms with Gasteiger partial charge in [0.2, 0.25) is 0 Å². The van der Waals surface area contributed by atoms with Crippen LogP contribution in [-0.2, 0) is 4.79 Å². The van der Waals surface area contributed by atoms with Gasteiger partial charge in [0, 0.05) is 13.1 Å². The summed E-state index contributed by atoms with van der Waals surface area (Å²) in [6.07, 6.45) is 6.25. The molecule has 0 heterocycles. The third-order valence-corrected chi connectivity index (χ3v) is 4.04. The Labute approximate surface area is 107 Å². The van der Waals surface area contributed by atoms with Crippen molar-refractivity contribution in [2.24, 2.45) is 17.8 Å². The lowest BCUT2D eigenvalue weighted by Crippen LogP contribution is -2.40. The highest BCUT2D eigenvalue weighted by atomic mass is 16.4. The first-order valence-electron chi connectivity index (χ1n) is 6.91. The van der Waals surface area contributed by atoms with Gasteiger partial charge in [-0.3, -0.25) is 4.79 Å². The number of carbonyl (C=O) groups is 2. The standard InChI is InChI=1S/C13H22N2O3/c16-12(17)11-3-1-2-10(11)8-15-13(18)14-7-6-9-4-5-9/h9-11H,1-8H2,(H,16,17)(H2,14,15,18). The minimum atomic E-state index is -0.728. The maximum atomic E-state index is 11.5. The van der Waals surface area contributed by atoms with E-state index in [0.717, 1.165) is 38.1 Å². The van der Waals surface area contributed by atoms with E-state index in [2.05, 4.69) is 10.6 Å². The third-order valence-electron chi connectivity index (χ3n) is 4.04. The molecule has 3 N–H and O–H groups in total. The SMILES string of the molecule is O=C(NCCC1CC1)NCC1CCCC1C(=O)O. The zero-order chi connectivity index (χ0) is 13.0. The van der Waals surface area contributed by atoms with E-state index in [-0.39, 0.29) is 17.9 Å². The van der Waals surface area contributed by atoms with Crippen molar-refractivity contribution in [3.8, 4) is 0 Å². The second kappa shape index (κ2) is 6.07. The molecule has 0 bridgehead atoms. The van der Waals surface area contributed by atoms with Crippen LogP contribution in [0, 0.1) is 17.8 Å². The Morgan fingerprint density at radius 3 is 2.56 bits per heavy atom. The number of rotatable bonds is 6. The Hall–Kier alpha value is -1.26. The van der Waals surface area contributed by atoms with Gasteiger partial charge in [0.1, 0.15) is 0 Å². The molecule has 0 spiro atoms.